The third-order valence-electron chi connectivity index (χ3n) is 5.60. The summed E-state index contributed by atoms with van der Waals surface area (Å²) in [6.45, 7) is 0. The van der Waals surface area contributed by atoms with Gasteiger partial charge in [-0.1, -0.05) is 54.1 Å². The maximum Gasteiger partial charge on any atom is 0.115 e. The predicted octanol–water partition coefficient (Wildman–Crippen LogP) is 6.05. The zero-order valence-electron chi connectivity index (χ0n) is 16.9. The van der Waals surface area contributed by atoms with E-state index in [1.165, 1.54) is 0 Å². The monoisotopic (exact) mass is 412 g/mol. The van der Waals surface area contributed by atoms with E-state index in [1.807, 2.05) is 48.6 Å². The summed E-state index contributed by atoms with van der Waals surface area (Å²) >= 11 is 0. The topological polar surface area (TPSA) is 80.9 Å². The van der Waals surface area contributed by atoms with E-state index in [9.17, 15) is 20.4 Å². The number of benzene rings is 3. The summed E-state index contributed by atoms with van der Waals surface area (Å²) in [4.78, 5) is 0. The lowest BCUT2D eigenvalue weighted by Crippen LogP contribution is -2.15. The van der Waals surface area contributed by atoms with Crippen molar-refractivity contribution in [2.24, 2.45) is 0 Å². The van der Waals surface area contributed by atoms with E-state index < -0.39 is 0 Å². The molecule has 3 aromatic carbocycles. The van der Waals surface area contributed by atoms with Crippen molar-refractivity contribution in [3.63, 3.8) is 0 Å². The molecule has 4 heteroatoms. The quantitative estimate of drug-likeness (QED) is 0.411. The van der Waals surface area contributed by atoms with Crippen LogP contribution in [0.5, 0.6) is 17.2 Å². The molecule has 0 fully saturated rings. The van der Waals surface area contributed by atoms with Crippen molar-refractivity contribution in [1.29, 1.82) is 0 Å². The van der Waals surface area contributed by atoms with Crippen molar-refractivity contribution >= 4 is 0 Å². The van der Waals surface area contributed by atoms with Gasteiger partial charge in [-0.25, -0.2) is 0 Å². The first-order chi connectivity index (χ1) is 15.0. The fourth-order valence-corrected chi connectivity index (χ4v) is 4.11. The molecule has 4 nitrogen and oxygen atoms in total. The molecule has 0 radical (unpaired) electrons. The van der Waals surface area contributed by atoms with Crippen LogP contribution in [0, 0.1) is 0 Å². The van der Waals surface area contributed by atoms with E-state index in [0.717, 1.165) is 22.3 Å². The van der Waals surface area contributed by atoms with Crippen LogP contribution in [0.25, 0.3) is 0 Å². The number of hydrogen-bond donors (Lipinski definition) is 4. The molecule has 4 N–H and O–H groups in total. The Bertz CT molecular complexity index is 1080. The van der Waals surface area contributed by atoms with Gasteiger partial charge in [0.1, 0.15) is 23.0 Å². The Kier molecular flexibility index (Phi) is 5.80. The Labute approximate surface area is 181 Å². The van der Waals surface area contributed by atoms with Gasteiger partial charge in [-0.15, -0.1) is 0 Å². The van der Waals surface area contributed by atoms with Crippen LogP contribution in [0.15, 0.2) is 108 Å². The molecule has 0 amide bonds. The average molecular weight is 412 g/mol. The highest BCUT2D eigenvalue weighted by Gasteiger charge is 2.29. The highest BCUT2D eigenvalue weighted by atomic mass is 16.3. The summed E-state index contributed by atoms with van der Waals surface area (Å²) in [5.41, 5.74) is 4.11. The Morgan fingerprint density at radius 3 is 1.39 bits per heavy atom. The highest BCUT2D eigenvalue weighted by molar-refractivity contribution is 5.47. The van der Waals surface area contributed by atoms with Crippen molar-refractivity contribution < 1.29 is 20.4 Å². The summed E-state index contributed by atoms with van der Waals surface area (Å²) in [5.74, 6) is 0.545. The number of phenols is 3. The van der Waals surface area contributed by atoms with Gasteiger partial charge in [0.25, 0.3) is 0 Å². The van der Waals surface area contributed by atoms with Gasteiger partial charge in [-0.3, -0.25) is 0 Å². The van der Waals surface area contributed by atoms with E-state index in [2.05, 4.69) is 0 Å². The fourth-order valence-electron chi connectivity index (χ4n) is 4.11. The van der Waals surface area contributed by atoms with E-state index >= 15 is 0 Å². The van der Waals surface area contributed by atoms with E-state index in [1.54, 1.807) is 48.6 Å². The molecular weight excluding hydrogens is 388 g/mol. The van der Waals surface area contributed by atoms with Gasteiger partial charge < -0.3 is 20.4 Å². The van der Waals surface area contributed by atoms with Crippen LogP contribution in [0.1, 0.15) is 34.9 Å². The molecule has 31 heavy (non-hydrogen) atoms. The minimum Gasteiger partial charge on any atom is -0.508 e. The first kappa shape index (κ1) is 20.4. The molecule has 156 valence electrons. The Morgan fingerprint density at radius 1 is 0.516 bits per heavy atom. The van der Waals surface area contributed by atoms with Gasteiger partial charge in [0.15, 0.2) is 0 Å². The van der Waals surface area contributed by atoms with E-state index in [4.69, 9.17) is 0 Å². The lowest BCUT2D eigenvalue weighted by atomic mass is 9.72. The number of hydrogen-bond acceptors (Lipinski definition) is 4. The molecule has 0 aromatic heterocycles. The highest BCUT2D eigenvalue weighted by Crippen LogP contribution is 2.45. The van der Waals surface area contributed by atoms with Gasteiger partial charge in [-0.2, -0.15) is 0 Å². The van der Waals surface area contributed by atoms with Crippen LogP contribution < -0.4 is 0 Å². The molecule has 0 aliphatic heterocycles. The molecule has 1 aliphatic carbocycles. The number of phenolic OH excluding ortho intramolecular Hbond substituents is 3. The molecule has 0 saturated heterocycles. The molecule has 0 bridgehead atoms. The maximum atomic E-state index is 9.97. The molecule has 3 aromatic rings. The fraction of sp³-hybridized carbons (Fsp3) is 0.111. The third-order valence-corrected chi connectivity index (χ3v) is 5.60. The summed E-state index contributed by atoms with van der Waals surface area (Å²) in [7, 11) is 0. The molecule has 0 heterocycles. The van der Waals surface area contributed by atoms with Gasteiger partial charge in [-0.05, 0) is 71.7 Å². The van der Waals surface area contributed by atoms with Gasteiger partial charge in [0, 0.05) is 11.8 Å². The summed E-state index contributed by atoms with van der Waals surface area (Å²) < 4.78 is 0. The molecular formula is C27H24O4. The van der Waals surface area contributed by atoms with E-state index in [-0.39, 0.29) is 34.8 Å². The van der Waals surface area contributed by atoms with Crippen molar-refractivity contribution in [2.45, 2.75) is 18.3 Å². The Hall–Kier alpha value is -3.92. The summed E-state index contributed by atoms with van der Waals surface area (Å²) in [5, 5.41) is 39.5. The van der Waals surface area contributed by atoms with Crippen LogP contribution in [-0.2, 0) is 0 Å². The predicted molar refractivity (Wildman–Crippen MR) is 121 cm³/mol. The normalized spacial score (nSPS) is 14.6. The smallest absolute Gasteiger partial charge is 0.115 e. The van der Waals surface area contributed by atoms with Gasteiger partial charge in [0.05, 0.1) is 0 Å². The van der Waals surface area contributed by atoms with Crippen LogP contribution >= 0.6 is 0 Å². The zero-order valence-corrected chi connectivity index (χ0v) is 16.9. The maximum absolute atomic E-state index is 9.97. The first-order valence-electron chi connectivity index (χ1n) is 10.1. The van der Waals surface area contributed by atoms with Crippen LogP contribution in [0.3, 0.4) is 0 Å². The lowest BCUT2D eigenvalue weighted by Gasteiger charge is -2.31. The molecule has 1 unspecified atom stereocenters. The second kappa shape index (κ2) is 8.84. The average Bonchev–Trinajstić information content (AvgIpc) is 2.99. The molecule has 4 rings (SSSR count). The molecule has 0 spiro atoms. The van der Waals surface area contributed by atoms with Crippen molar-refractivity contribution in [3.05, 3.63) is 125 Å². The molecule has 1 atom stereocenters. The van der Waals surface area contributed by atoms with Crippen LogP contribution in [-0.4, -0.2) is 20.4 Å². The largest absolute Gasteiger partial charge is 0.508 e. The number of allylic oxidation sites excluding steroid dienone is 5. The lowest BCUT2D eigenvalue weighted by molar-refractivity contribution is 0.432. The van der Waals surface area contributed by atoms with Gasteiger partial charge in [0.2, 0.25) is 0 Å². The zero-order chi connectivity index (χ0) is 21.8. The third kappa shape index (κ3) is 4.64. The van der Waals surface area contributed by atoms with Crippen molar-refractivity contribution in [3.8, 4) is 17.2 Å². The van der Waals surface area contributed by atoms with Gasteiger partial charge >= 0.3 is 0 Å². The number of aliphatic hydroxyl groups excluding tert-OH is 1. The Morgan fingerprint density at radius 2 is 0.935 bits per heavy atom. The number of rotatable bonds is 5. The SMILES string of the molecule is OC1=CC=C(C(c2ccc(O)cc2)C(c2ccc(O)cc2)c2ccc(O)cc2)CC=C1. The summed E-state index contributed by atoms with van der Waals surface area (Å²) in [6, 6.07) is 21.5. The summed E-state index contributed by atoms with van der Waals surface area (Å²) in [6.07, 6.45) is 7.91. The number of aliphatic hydroxyl groups is 1. The minimum atomic E-state index is -0.126. The molecule has 0 saturated carbocycles. The standard InChI is InChI=1S/C27H24O4/c28-22-3-1-2-18(4-11-22)26(19-5-12-23(29)13-6-19)27(20-7-14-24(30)15-8-20)21-9-16-25(31)17-10-21/h1,3-17,26-31H,2H2. The van der Waals surface area contributed by atoms with Crippen LogP contribution in [0.4, 0.5) is 0 Å². The Balaban J connectivity index is 1.92. The van der Waals surface area contributed by atoms with Crippen molar-refractivity contribution in [2.75, 3.05) is 0 Å². The molecule has 1 aliphatic rings. The minimum absolute atomic E-state index is 0.110. The van der Waals surface area contributed by atoms with Crippen LogP contribution in [0.2, 0.25) is 0 Å². The van der Waals surface area contributed by atoms with Crippen molar-refractivity contribution in [1.82, 2.24) is 0 Å². The second-order valence-electron chi connectivity index (χ2n) is 7.67. The van der Waals surface area contributed by atoms with E-state index in [0.29, 0.717) is 6.42 Å². The first-order valence-corrected chi connectivity index (χ1v) is 10.1. The second-order valence-corrected chi connectivity index (χ2v) is 7.67. The number of aromatic hydroxyl groups is 3.